The standard InChI is InChI=1S/C38H29N3O3/c1-23-17-19-26(20-18-23)41-36(43)34-33-28-13-4-6-15-30(28)38(35(34)37(41)44,31-16-7-5-14-29(31)33)22-39-40-32(42)21-25-11-8-10-24-9-2-3-12-27(24)25/h2-20,22,33-35H,21H2,1H3,(H,40,42)/b39-22-/t33?,34-,35+,38?/m1/s1. The van der Waals surface area contributed by atoms with Crippen molar-refractivity contribution < 1.29 is 14.4 Å². The summed E-state index contributed by atoms with van der Waals surface area (Å²) in [4.78, 5) is 43.3. The van der Waals surface area contributed by atoms with Gasteiger partial charge in [-0.2, -0.15) is 5.10 Å². The van der Waals surface area contributed by atoms with Crippen molar-refractivity contribution in [2.24, 2.45) is 16.9 Å². The SMILES string of the molecule is Cc1ccc(N2C(=O)[C@@H]3C4c5ccccc5C(/C=N\NC(=O)Cc5cccc6ccccc56)(c5ccccc54)[C@@H]3C2=O)cc1. The number of carbonyl (C=O) groups is 3. The monoisotopic (exact) mass is 575 g/mol. The molecule has 5 aromatic rings. The molecule has 3 amide bonds. The average Bonchev–Trinajstić information content (AvgIpc) is 3.32. The van der Waals surface area contributed by atoms with Gasteiger partial charge in [0.25, 0.3) is 0 Å². The number of hydrazone groups is 1. The molecule has 1 N–H and O–H groups in total. The third-order valence-electron chi connectivity index (χ3n) is 9.66. The van der Waals surface area contributed by atoms with Crippen LogP contribution in [0.3, 0.4) is 0 Å². The van der Waals surface area contributed by atoms with Crippen LogP contribution < -0.4 is 10.3 Å². The van der Waals surface area contributed by atoms with Gasteiger partial charge in [-0.25, -0.2) is 10.3 Å². The van der Waals surface area contributed by atoms with Crippen molar-refractivity contribution in [2.45, 2.75) is 24.7 Å². The number of nitrogens with one attached hydrogen (secondary N) is 1. The number of rotatable bonds is 5. The van der Waals surface area contributed by atoms with E-state index >= 15 is 0 Å². The van der Waals surface area contributed by atoms with Gasteiger partial charge in [-0.3, -0.25) is 14.4 Å². The molecular weight excluding hydrogens is 546 g/mol. The molecule has 2 bridgehead atoms. The van der Waals surface area contributed by atoms with E-state index in [1.54, 1.807) is 6.21 Å². The van der Waals surface area contributed by atoms with Crippen LogP contribution in [-0.4, -0.2) is 23.9 Å². The zero-order chi connectivity index (χ0) is 30.0. The minimum atomic E-state index is -1.04. The summed E-state index contributed by atoms with van der Waals surface area (Å²) in [6.45, 7) is 1.98. The Balaban J connectivity index is 1.22. The first-order chi connectivity index (χ1) is 21.5. The molecule has 214 valence electrons. The molecule has 3 aliphatic carbocycles. The van der Waals surface area contributed by atoms with Crippen molar-refractivity contribution in [3.05, 3.63) is 149 Å². The van der Waals surface area contributed by atoms with Crippen molar-refractivity contribution in [3.8, 4) is 0 Å². The van der Waals surface area contributed by atoms with Gasteiger partial charge in [0.2, 0.25) is 17.7 Å². The molecule has 6 nitrogen and oxygen atoms in total. The number of carbonyl (C=O) groups excluding carboxylic acids is 3. The van der Waals surface area contributed by atoms with Crippen LogP contribution in [0.1, 0.15) is 39.3 Å². The molecule has 0 saturated carbocycles. The molecule has 0 spiro atoms. The van der Waals surface area contributed by atoms with Crippen LogP contribution >= 0.6 is 0 Å². The van der Waals surface area contributed by atoms with Gasteiger partial charge in [-0.15, -0.1) is 0 Å². The van der Waals surface area contributed by atoms with Gasteiger partial charge in [0.05, 0.1) is 29.4 Å². The first-order valence-corrected chi connectivity index (χ1v) is 14.9. The van der Waals surface area contributed by atoms with E-state index < -0.39 is 17.3 Å². The van der Waals surface area contributed by atoms with Gasteiger partial charge in [-0.1, -0.05) is 109 Å². The molecule has 2 atom stereocenters. The highest BCUT2D eigenvalue weighted by Gasteiger charge is 2.68. The zero-order valence-corrected chi connectivity index (χ0v) is 24.1. The lowest BCUT2D eigenvalue weighted by Crippen LogP contribution is -2.54. The molecule has 0 radical (unpaired) electrons. The molecule has 9 rings (SSSR count). The van der Waals surface area contributed by atoms with Gasteiger partial charge in [0.1, 0.15) is 0 Å². The number of aryl methyl sites for hydroxylation is 1. The van der Waals surface area contributed by atoms with Crippen molar-refractivity contribution in [2.75, 3.05) is 4.90 Å². The van der Waals surface area contributed by atoms with Crippen LogP contribution in [0, 0.1) is 18.8 Å². The third kappa shape index (κ3) is 3.67. The lowest BCUT2D eigenvalue weighted by molar-refractivity contribution is -0.123. The summed E-state index contributed by atoms with van der Waals surface area (Å²) < 4.78 is 0. The largest absolute Gasteiger partial charge is 0.274 e. The van der Waals surface area contributed by atoms with Gasteiger partial charge in [0.15, 0.2) is 0 Å². The number of nitrogens with zero attached hydrogens (tertiary/aromatic N) is 2. The summed E-state index contributed by atoms with van der Waals surface area (Å²) in [7, 11) is 0. The normalized spacial score (nSPS) is 23.1. The molecule has 4 aliphatic rings. The van der Waals surface area contributed by atoms with Crippen molar-refractivity contribution >= 4 is 40.4 Å². The predicted molar refractivity (Wildman–Crippen MR) is 170 cm³/mol. The summed E-state index contributed by atoms with van der Waals surface area (Å²) in [6.07, 6.45) is 1.87. The Morgan fingerprint density at radius 3 is 2.16 bits per heavy atom. The smallest absolute Gasteiger partial charge is 0.244 e. The molecule has 1 aliphatic heterocycles. The summed E-state index contributed by atoms with van der Waals surface area (Å²) in [5.41, 5.74) is 8.19. The lowest BCUT2D eigenvalue weighted by atomic mass is 9.47. The number of hydrogen-bond acceptors (Lipinski definition) is 4. The number of imide groups is 1. The van der Waals surface area contributed by atoms with Crippen molar-refractivity contribution in [3.63, 3.8) is 0 Å². The van der Waals surface area contributed by atoms with Gasteiger partial charge in [0, 0.05) is 12.1 Å². The Morgan fingerprint density at radius 1 is 0.795 bits per heavy atom. The molecular formula is C38H29N3O3. The molecule has 1 fully saturated rings. The molecule has 1 saturated heterocycles. The first-order valence-electron chi connectivity index (χ1n) is 14.9. The summed E-state index contributed by atoms with van der Waals surface area (Å²) in [6, 6.07) is 37.5. The van der Waals surface area contributed by atoms with Crippen LogP contribution in [0.25, 0.3) is 10.8 Å². The van der Waals surface area contributed by atoms with Crippen LogP contribution in [0.5, 0.6) is 0 Å². The second kappa shape index (κ2) is 9.85. The molecule has 6 heteroatoms. The Labute approximate surface area is 255 Å². The third-order valence-corrected chi connectivity index (χ3v) is 9.66. The van der Waals surface area contributed by atoms with Crippen molar-refractivity contribution in [1.82, 2.24) is 5.43 Å². The Kier molecular flexibility index (Phi) is 5.88. The second-order valence-corrected chi connectivity index (χ2v) is 12.0. The molecule has 5 aromatic carbocycles. The Bertz CT molecular complexity index is 1980. The molecule has 0 unspecified atom stereocenters. The van der Waals surface area contributed by atoms with E-state index in [0.29, 0.717) is 5.69 Å². The fourth-order valence-corrected chi connectivity index (χ4v) is 7.86. The van der Waals surface area contributed by atoms with E-state index in [0.717, 1.165) is 44.2 Å². The number of fused-ring (bicyclic) bond motifs is 1. The highest BCUT2D eigenvalue weighted by molar-refractivity contribution is 6.25. The number of anilines is 1. The maximum absolute atomic E-state index is 14.5. The van der Waals surface area contributed by atoms with E-state index in [1.165, 1.54) is 4.90 Å². The van der Waals surface area contributed by atoms with Crippen LogP contribution in [0.2, 0.25) is 0 Å². The lowest BCUT2D eigenvalue weighted by Gasteiger charge is -2.52. The van der Waals surface area contributed by atoms with E-state index in [2.05, 4.69) is 22.7 Å². The molecule has 44 heavy (non-hydrogen) atoms. The van der Waals surface area contributed by atoms with E-state index in [9.17, 15) is 14.4 Å². The predicted octanol–water partition coefficient (Wildman–Crippen LogP) is 6.04. The minimum Gasteiger partial charge on any atom is -0.274 e. The van der Waals surface area contributed by atoms with E-state index in [1.807, 2.05) is 110 Å². The highest BCUT2D eigenvalue weighted by Crippen LogP contribution is 2.63. The van der Waals surface area contributed by atoms with E-state index in [4.69, 9.17) is 0 Å². The topological polar surface area (TPSA) is 78.8 Å². The van der Waals surface area contributed by atoms with Crippen LogP contribution in [0.15, 0.2) is 120 Å². The summed E-state index contributed by atoms with van der Waals surface area (Å²) in [5.74, 6) is -2.25. The zero-order valence-electron chi connectivity index (χ0n) is 24.1. The molecule has 1 heterocycles. The fourth-order valence-electron chi connectivity index (χ4n) is 7.86. The number of amides is 3. The number of benzene rings is 5. The van der Waals surface area contributed by atoms with Gasteiger partial charge >= 0.3 is 0 Å². The number of hydrogen-bond donors (Lipinski definition) is 1. The average molecular weight is 576 g/mol. The highest BCUT2D eigenvalue weighted by atomic mass is 16.2. The maximum atomic E-state index is 14.5. The first kappa shape index (κ1) is 26.3. The van der Waals surface area contributed by atoms with Crippen LogP contribution in [-0.2, 0) is 26.2 Å². The fraction of sp³-hybridized carbons (Fsp3) is 0.158. The summed E-state index contributed by atoms with van der Waals surface area (Å²) >= 11 is 0. The van der Waals surface area contributed by atoms with Crippen LogP contribution in [0.4, 0.5) is 5.69 Å². The second-order valence-electron chi connectivity index (χ2n) is 12.0. The maximum Gasteiger partial charge on any atom is 0.244 e. The Hall–Kier alpha value is -5.36. The van der Waals surface area contributed by atoms with E-state index in [-0.39, 0.29) is 30.1 Å². The van der Waals surface area contributed by atoms with Gasteiger partial charge in [-0.05, 0) is 57.6 Å². The Morgan fingerprint density at radius 2 is 1.43 bits per heavy atom. The van der Waals surface area contributed by atoms with Crippen molar-refractivity contribution in [1.29, 1.82) is 0 Å². The minimum absolute atomic E-state index is 0.158. The van der Waals surface area contributed by atoms with Gasteiger partial charge < -0.3 is 0 Å². The summed E-state index contributed by atoms with van der Waals surface area (Å²) in [5, 5.41) is 6.65. The quantitative estimate of drug-likeness (QED) is 0.158. The molecule has 0 aromatic heterocycles.